The first-order valence-corrected chi connectivity index (χ1v) is 5.76. The molecule has 4 heteroatoms. The maximum absolute atomic E-state index is 13.2. The first kappa shape index (κ1) is 12.5. The van der Waals surface area contributed by atoms with Crippen LogP contribution in [0.1, 0.15) is 11.1 Å². The molecule has 0 spiro atoms. The highest BCUT2D eigenvalue weighted by molar-refractivity contribution is 5.41. The van der Waals surface area contributed by atoms with E-state index >= 15 is 0 Å². The highest BCUT2D eigenvalue weighted by Gasteiger charge is 2.04. The molecule has 0 radical (unpaired) electrons. The Morgan fingerprint density at radius 1 is 1.11 bits per heavy atom. The van der Waals surface area contributed by atoms with Gasteiger partial charge in [0.05, 0.1) is 0 Å². The number of nitrogens with zero attached hydrogens (tertiary/aromatic N) is 2. The molecule has 2 rings (SSSR count). The molecule has 0 unspecified atom stereocenters. The van der Waals surface area contributed by atoms with Gasteiger partial charge >= 0.3 is 0 Å². The standard InChI is InChI=1S/C14H16FN3/c1-18(9-11-2-4-17-5-3-11)10-12-6-13(15)8-14(16)7-12/h2-8H,9-10,16H2,1H3. The van der Waals surface area contributed by atoms with Crippen LogP contribution in [0, 0.1) is 5.82 Å². The second-order valence-electron chi connectivity index (χ2n) is 4.42. The second-order valence-corrected chi connectivity index (χ2v) is 4.42. The summed E-state index contributed by atoms with van der Waals surface area (Å²) in [6.45, 7) is 1.45. The molecule has 0 aliphatic carbocycles. The van der Waals surface area contributed by atoms with Crippen molar-refractivity contribution >= 4 is 5.69 Å². The van der Waals surface area contributed by atoms with Crippen molar-refractivity contribution in [1.29, 1.82) is 0 Å². The second kappa shape index (κ2) is 5.60. The van der Waals surface area contributed by atoms with Crippen LogP contribution in [0.5, 0.6) is 0 Å². The Balaban J connectivity index is 2.01. The molecule has 0 atom stereocenters. The number of benzene rings is 1. The minimum Gasteiger partial charge on any atom is -0.399 e. The third-order valence-electron chi connectivity index (χ3n) is 2.63. The Hall–Kier alpha value is -1.94. The number of nitrogens with two attached hydrogens (primary N) is 1. The molecular weight excluding hydrogens is 229 g/mol. The summed E-state index contributed by atoms with van der Waals surface area (Å²) in [5.41, 5.74) is 8.14. The normalized spacial score (nSPS) is 10.8. The Bertz CT molecular complexity index is 493. The van der Waals surface area contributed by atoms with Crippen molar-refractivity contribution in [1.82, 2.24) is 9.88 Å². The van der Waals surface area contributed by atoms with E-state index in [-0.39, 0.29) is 5.82 Å². The lowest BCUT2D eigenvalue weighted by molar-refractivity contribution is 0.318. The van der Waals surface area contributed by atoms with Gasteiger partial charge in [0.2, 0.25) is 0 Å². The molecule has 3 nitrogen and oxygen atoms in total. The van der Waals surface area contributed by atoms with Crippen LogP contribution in [-0.4, -0.2) is 16.9 Å². The number of hydrogen-bond donors (Lipinski definition) is 1. The van der Waals surface area contributed by atoms with Crippen LogP contribution in [0.4, 0.5) is 10.1 Å². The lowest BCUT2D eigenvalue weighted by Gasteiger charge is -2.17. The van der Waals surface area contributed by atoms with E-state index in [2.05, 4.69) is 9.88 Å². The van der Waals surface area contributed by atoms with E-state index < -0.39 is 0 Å². The van der Waals surface area contributed by atoms with Gasteiger partial charge in [0.25, 0.3) is 0 Å². The molecule has 94 valence electrons. The monoisotopic (exact) mass is 245 g/mol. The predicted octanol–water partition coefficient (Wildman–Crippen LogP) is 2.43. The zero-order valence-corrected chi connectivity index (χ0v) is 10.3. The predicted molar refractivity (Wildman–Crippen MR) is 70.2 cm³/mol. The number of halogens is 1. The molecule has 2 N–H and O–H groups in total. The van der Waals surface area contributed by atoms with Gasteiger partial charge in [0.15, 0.2) is 0 Å². The minimum atomic E-state index is -0.290. The lowest BCUT2D eigenvalue weighted by Crippen LogP contribution is -2.17. The molecule has 0 bridgehead atoms. The summed E-state index contributed by atoms with van der Waals surface area (Å²) in [6.07, 6.45) is 3.53. The molecule has 0 saturated carbocycles. The van der Waals surface area contributed by atoms with Gasteiger partial charge in [-0.25, -0.2) is 4.39 Å². The number of aromatic nitrogens is 1. The third kappa shape index (κ3) is 3.53. The van der Waals surface area contributed by atoms with E-state index in [4.69, 9.17) is 5.73 Å². The van der Waals surface area contributed by atoms with E-state index in [0.29, 0.717) is 12.2 Å². The Labute approximate surface area is 106 Å². The Morgan fingerprint density at radius 3 is 2.44 bits per heavy atom. The molecule has 1 aromatic heterocycles. The van der Waals surface area contributed by atoms with Crippen molar-refractivity contribution < 1.29 is 4.39 Å². The summed E-state index contributed by atoms with van der Waals surface area (Å²) in [4.78, 5) is 6.08. The molecule has 2 aromatic rings. The van der Waals surface area contributed by atoms with Crippen molar-refractivity contribution in [3.8, 4) is 0 Å². The number of anilines is 1. The Kier molecular flexibility index (Phi) is 3.89. The van der Waals surface area contributed by atoms with Gasteiger partial charge in [0.1, 0.15) is 5.82 Å². The van der Waals surface area contributed by atoms with Crippen molar-refractivity contribution in [2.24, 2.45) is 0 Å². The third-order valence-corrected chi connectivity index (χ3v) is 2.63. The summed E-state index contributed by atoms with van der Waals surface area (Å²) in [5, 5.41) is 0. The topological polar surface area (TPSA) is 42.2 Å². The molecular formula is C14H16FN3. The van der Waals surface area contributed by atoms with Crippen LogP contribution in [0.25, 0.3) is 0 Å². The van der Waals surface area contributed by atoms with E-state index in [1.807, 2.05) is 19.2 Å². The SMILES string of the molecule is CN(Cc1ccncc1)Cc1cc(N)cc(F)c1. The fourth-order valence-electron chi connectivity index (χ4n) is 1.93. The molecule has 0 aliphatic heterocycles. The van der Waals surface area contributed by atoms with E-state index in [0.717, 1.165) is 12.1 Å². The Morgan fingerprint density at radius 2 is 1.78 bits per heavy atom. The number of hydrogen-bond acceptors (Lipinski definition) is 3. The fourth-order valence-corrected chi connectivity index (χ4v) is 1.93. The van der Waals surface area contributed by atoms with Crippen molar-refractivity contribution in [2.45, 2.75) is 13.1 Å². The van der Waals surface area contributed by atoms with Gasteiger partial charge in [-0.05, 0) is 48.5 Å². The van der Waals surface area contributed by atoms with E-state index in [1.54, 1.807) is 18.5 Å². The zero-order valence-electron chi connectivity index (χ0n) is 10.3. The average Bonchev–Trinajstić information content (AvgIpc) is 2.28. The summed E-state index contributed by atoms with van der Waals surface area (Å²) in [5.74, 6) is -0.290. The first-order chi connectivity index (χ1) is 8.63. The van der Waals surface area contributed by atoms with Gasteiger partial charge < -0.3 is 5.73 Å². The minimum absolute atomic E-state index is 0.290. The molecule has 0 amide bonds. The summed E-state index contributed by atoms with van der Waals surface area (Å²) in [7, 11) is 1.99. The van der Waals surface area contributed by atoms with E-state index in [9.17, 15) is 4.39 Å². The average molecular weight is 245 g/mol. The highest BCUT2D eigenvalue weighted by atomic mass is 19.1. The van der Waals surface area contributed by atoms with Crippen LogP contribution >= 0.6 is 0 Å². The van der Waals surface area contributed by atoms with Crippen LogP contribution in [0.15, 0.2) is 42.7 Å². The maximum atomic E-state index is 13.2. The molecule has 0 saturated heterocycles. The van der Waals surface area contributed by atoms with Gasteiger partial charge in [-0.2, -0.15) is 0 Å². The number of pyridine rings is 1. The van der Waals surface area contributed by atoms with Crippen LogP contribution < -0.4 is 5.73 Å². The van der Waals surface area contributed by atoms with Crippen molar-refractivity contribution in [2.75, 3.05) is 12.8 Å². The molecule has 0 aliphatic rings. The van der Waals surface area contributed by atoms with Gasteiger partial charge in [-0.1, -0.05) is 0 Å². The smallest absolute Gasteiger partial charge is 0.125 e. The van der Waals surface area contributed by atoms with Crippen LogP contribution in [0.3, 0.4) is 0 Å². The molecule has 0 fully saturated rings. The van der Waals surface area contributed by atoms with Crippen LogP contribution in [-0.2, 0) is 13.1 Å². The van der Waals surface area contributed by atoms with Gasteiger partial charge in [-0.15, -0.1) is 0 Å². The van der Waals surface area contributed by atoms with Crippen LogP contribution in [0.2, 0.25) is 0 Å². The maximum Gasteiger partial charge on any atom is 0.125 e. The first-order valence-electron chi connectivity index (χ1n) is 5.76. The summed E-state index contributed by atoms with van der Waals surface area (Å²) < 4.78 is 13.2. The number of rotatable bonds is 4. The van der Waals surface area contributed by atoms with E-state index in [1.165, 1.54) is 17.7 Å². The zero-order chi connectivity index (χ0) is 13.0. The van der Waals surface area contributed by atoms with Gasteiger partial charge in [-0.3, -0.25) is 9.88 Å². The highest BCUT2D eigenvalue weighted by Crippen LogP contribution is 2.13. The summed E-state index contributed by atoms with van der Waals surface area (Å²) in [6, 6.07) is 8.57. The number of nitrogen functional groups attached to an aromatic ring is 1. The summed E-state index contributed by atoms with van der Waals surface area (Å²) >= 11 is 0. The molecule has 1 heterocycles. The van der Waals surface area contributed by atoms with Crippen molar-refractivity contribution in [3.63, 3.8) is 0 Å². The molecule has 1 aromatic carbocycles. The fraction of sp³-hybridized carbons (Fsp3) is 0.214. The largest absolute Gasteiger partial charge is 0.399 e. The molecule has 18 heavy (non-hydrogen) atoms. The quantitative estimate of drug-likeness (QED) is 0.841. The lowest BCUT2D eigenvalue weighted by atomic mass is 10.1. The van der Waals surface area contributed by atoms with Crippen molar-refractivity contribution in [3.05, 3.63) is 59.7 Å². The van der Waals surface area contributed by atoms with Gasteiger partial charge in [0, 0.05) is 31.2 Å².